The van der Waals surface area contributed by atoms with Gasteiger partial charge < -0.3 is 9.52 Å². The van der Waals surface area contributed by atoms with Crippen molar-refractivity contribution in [3.63, 3.8) is 0 Å². The van der Waals surface area contributed by atoms with Gasteiger partial charge in [-0.25, -0.2) is 0 Å². The molecule has 1 heterocycles. The molecule has 102 valence electrons. The van der Waals surface area contributed by atoms with E-state index in [1.54, 1.807) is 12.1 Å². The van der Waals surface area contributed by atoms with Crippen LogP contribution >= 0.6 is 11.6 Å². The van der Waals surface area contributed by atoms with Crippen LogP contribution in [0.15, 0.2) is 34.7 Å². The van der Waals surface area contributed by atoms with E-state index in [2.05, 4.69) is 0 Å². The average molecular weight is 291 g/mol. The van der Waals surface area contributed by atoms with Crippen molar-refractivity contribution in [3.8, 4) is 11.3 Å². The molecule has 0 saturated carbocycles. The number of benzene rings is 1. The van der Waals surface area contributed by atoms with Crippen molar-refractivity contribution < 1.29 is 22.7 Å². The van der Waals surface area contributed by atoms with Crippen LogP contribution in [0.25, 0.3) is 11.3 Å². The fourth-order valence-electron chi connectivity index (χ4n) is 1.61. The summed E-state index contributed by atoms with van der Waals surface area (Å²) in [7, 11) is 0. The molecule has 0 aliphatic heterocycles. The van der Waals surface area contributed by atoms with Gasteiger partial charge in [-0.3, -0.25) is 0 Å². The van der Waals surface area contributed by atoms with Gasteiger partial charge in [0.25, 0.3) is 0 Å². The summed E-state index contributed by atoms with van der Waals surface area (Å²) in [5.41, 5.74) is -0.467. The Morgan fingerprint density at radius 3 is 2.37 bits per heavy atom. The second kappa shape index (κ2) is 4.90. The van der Waals surface area contributed by atoms with Gasteiger partial charge in [-0.15, -0.1) is 0 Å². The zero-order valence-corrected chi connectivity index (χ0v) is 10.6. The Morgan fingerprint density at radius 1 is 1.21 bits per heavy atom. The largest absolute Gasteiger partial charge is 0.458 e. The lowest BCUT2D eigenvalue weighted by Crippen LogP contribution is -2.04. The molecule has 0 radical (unpaired) electrons. The van der Waals surface area contributed by atoms with Crippen molar-refractivity contribution in [2.75, 3.05) is 0 Å². The third-order valence-electron chi connectivity index (χ3n) is 2.60. The van der Waals surface area contributed by atoms with Crippen molar-refractivity contribution in [1.29, 1.82) is 0 Å². The first-order valence-corrected chi connectivity index (χ1v) is 5.82. The van der Waals surface area contributed by atoms with E-state index in [1.807, 2.05) is 0 Å². The van der Waals surface area contributed by atoms with Gasteiger partial charge in [0.2, 0.25) is 0 Å². The van der Waals surface area contributed by atoms with Gasteiger partial charge in [0.05, 0.1) is 10.6 Å². The second-order valence-corrected chi connectivity index (χ2v) is 4.48. The SMILES string of the molecule is CC(O)c1ccc(-c2ccc(C(F)(F)F)cc2Cl)o1. The van der Waals surface area contributed by atoms with Crippen LogP contribution in [0.4, 0.5) is 13.2 Å². The number of hydrogen-bond donors (Lipinski definition) is 1. The summed E-state index contributed by atoms with van der Waals surface area (Å²) in [5.74, 6) is 0.639. The number of furan rings is 1. The quantitative estimate of drug-likeness (QED) is 0.872. The maximum absolute atomic E-state index is 12.5. The van der Waals surface area contributed by atoms with E-state index in [1.165, 1.54) is 13.0 Å². The van der Waals surface area contributed by atoms with Gasteiger partial charge in [0.15, 0.2) is 0 Å². The second-order valence-electron chi connectivity index (χ2n) is 4.07. The van der Waals surface area contributed by atoms with Crippen LogP contribution in [0.3, 0.4) is 0 Å². The molecule has 2 aromatic rings. The Bertz CT molecular complexity index is 588. The molecule has 0 bridgehead atoms. The van der Waals surface area contributed by atoms with Crippen LogP contribution < -0.4 is 0 Å². The maximum atomic E-state index is 12.5. The van der Waals surface area contributed by atoms with Crippen LogP contribution in [0, 0.1) is 0 Å². The number of hydrogen-bond acceptors (Lipinski definition) is 2. The smallest absolute Gasteiger partial charge is 0.416 e. The Labute approximate surface area is 112 Å². The molecule has 2 nitrogen and oxygen atoms in total. The number of alkyl halides is 3. The lowest BCUT2D eigenvalue weighted by molar-refractivity contribution is -0.137. The Morgan fingerprint density at radius 2 is 1.89 bits per heavy atom. The molecule has 0 spiro atoms. The minimum Gasteiger partial charge on any atom is -0.458 e. The molecule has 1 unspecified atom stereocenters. The standard InChI is InChI=1S/C13H10ClF3O2/c1-7(18)11-4-5-12(19-11)9-3-2-8(6-10(9)14)13(15,16)17/h2-7,18H,1H3. The summed E-state index contributed by atoms with van der Waals surface area (Å²) >= 11 is 5.84. The molecule has 1 N–H and O–H groups in total. The van der Waals surface area contributed by atoms with E-state index in [0.29, 0.717) is 17.1 Å². The van der Waals surface area contributed by atoms with E-state index >= 15 is 0 Å². The first-order chi connectivity index (χ1) is 8.79. The van der Waals surface area contributed by atoms with Crippen LogP contribution in [-0.4, -0.2) is 5.11 Å². The lowest BCUT2D eigenvalue weighted by atomic mass is 10.1. The van der Waals surface area contributed by atoms with E-state index < -0.39 is 17.8 Å². The summed E-state index contributed by atoms with van der Waals surface area (Å²) in [6.45, 7) is 1.52. The summed E-state index contributed by atoms with van der Waals surface area (Å²) in [5, 5.41) is 9.27. The van der Waals surface area contributed by atoms with Crippen molar-refractivity contribution in [1.82, 2.24) is 0 Å². The first-order valence-electron chi connectivity index (χ1n) is 5.44. The highest BCUT2D eigenvalue weighted by atomic mass is 35.5. The molecule has 0 amide bonds. The van der Waals surface area contributed by atoms with Crippen LogP contribution in [0.1, 0.15) is 24.4 Å². The van der Waals surface area contributed by atoms with E-state index in [-0.39, 0.29) is 5.02 Å². The molecule has 6 heteroatoms. The molecule has 0 aliphatic carbocycles. The Balaban J connectivity index is 2.40. The predicted octanol–water partition coefficient (Wildman–Crippen LogP) is 4.67. The first kappa shape index (κ1) is 14.0. The highest BCUT2D eigenvalue weighted by Crippen LogP contribution is 2.36. The molecule has 0 saturated heterocycles. The number of halogens is 4. The average Bonchev–Trinajstić information content (AvgIpc) is 2.76. The molecule has 1 aromatic carbocycles. The molecule has 0 fully saturated rings. The summed E-state index contributed by atoms with van der Waals surface area (Å²) < 4.78 is 42.8. The van der Waals surface area contributed by atoms with Gasteiger partial charge in [-0.05, 0) is 37.3 Å². The predicted molar refractivity (Wildman–Crippen MR) is 64.8 cm³/mol. The highest BCUT2D eigenvalue weighted by Gasteiger charge is 2.31. The highest BCUT2D eigenvalue weighted by molar-refractivity contribution is 6.33. The molecule has 1 atom stereocenters. The topological polar surface area (TPSA) is 33.4 Å². The summed E-state index contributed by atoms with van der Waals surface area (Å²) in [4.78, 5) is 0. The van der Waals surface area contributed by atoms with E-state index in [0.717, 1.165) is 12.1 Å². The molecule has 1 aromatic heterocycles. The molecular formula is C13H10ClF3O2. The molecule has 2 rings (SSSR count). The van der Waals surface area contributed by atoms with Crippen molar-refractivity contribution in [2.24, 2.45) is 0 Å². The Hall–Kier alpha value is -1.46. The fraction of sp³-hybridized carbons (Fsp3) is 0.231. The van der Waals surface area contributed by atoms with Gasteiger partial charge >= 0.3 is 6.18 Å². The number of aliphatic hydroxyl groups is 1. The monoisotopic (exact) mass is 290 g/mol. The fourth-order valence-corrected chi connectivity index (χ4v) is 1.89. The van der Waals surface area contributed by atoms with Crippen molar-refractivity contribution in [2.45, 2.75) is 19.2 Å². The van der Waals surface area contributed by atoms with Gasteiger partial charge in [0.1, 0.15) is 17.6 Å². The molecular weight excluding hydrogens is 281 g/mol. The lowest BCUT2D eigenvalue weighted by Gasteiger charge is -2.08. The van der Waals surface area contributed by atoms with Gasteiger partial charge in [-0.1, -0.05) is 11.6 Å². The van der Waals surface area contributed by atoms with Crippen molar-refractivity contribution >= 4 is 11.6 Å². The normalized spacial score (nSPS) is 13.6. The van der Waals surface area contributed by atoms with Crippen molar-refractivity contribution in [3.05, 3.63) is 46.7 Å². The molecule has 0 aliphatic rings. The van der Waals surface area contributed by atoms with E-state index in [4.69, 9.17) is 16.0 Å². The third-order valence-corrected chi connectivity index (χ3v) is 2.91. The van der Waals surface area contributed by atoms with Gasteiger partial charge in [0, 0.05) is 5.56 Å². The zero-order valence-electron chi connectivity index (χ0n) is 9.83. The van der Waals surface area contributed by atoms with E-state index in [9.17, 15) is 18.3 Å². The minimum atomic E-state index is -4.43. The van der Waals surface area contributed by atoms with Crippen LogP contribution in [-0.2, 0) is 6.18 Å². The number of aliphatic hydroxyl groups excluding tert-OH is 1. The minimum absolute atomic E-state index is 0.0543. The maximum Gasteiger partial charge on any atom is 0.416 e. The summed E-state index contributed by atoms with van der Waals surface area (Å²) in [6.07, 6.45) is -5.22. The van der Waals surface area contributed by atoms with Gasteiger partial charge in [-0.2, -0.15) is 13.2 Å². The summed E-state index contributed by atoms with van der Waals surface area (Å²) in [6, 6.07) is 6.13. The number of rotatable bonds is 2. The third kappa shape index (κ3) is 2.93. The molecule has 19 heavy (non-hydrogen) atoms. The van der Waals surface area contributed by atoms with Crippen LogP contribution in [0.5, 0.6) is 0 Å². The van der Waals surface area contributed by atoms with Crippen LogP contribution in [0.2, 0.25) is 5.02 Å². The Kier molecular flexibility index (Phi) is 3.60. The zero-order chi connectivity index (χ0) is 14.2.